The predicted molar refractivity (Wildman–Crippen MR) is 188 cm³/mol. The Labute approximate surface area is 309 Å². The van der Waals surface area contributed by atoms with Crippen LogP contribution in [0.5, 0.6) is 0 Å². The molecule has 1 heterocycles. The van der Waals surface area contributed by atoms with E-state index in [0.717, 1.165) is 4.90 Å². The smallest absolute Gasteiger partial charge is 0.248 e. The quantitative estimate of drug-likeness (QED) is 0.0457. The fraction of sp³-hybridized carbons (Fsp3) is 0.677. The monoisotopic (exact) mass is 775 g/mol. The fourth-order valence-electron chi connectivity index (χ4n) is 5.22. The molecular weight excluding hydrogens is 722 g/mol. The van der Waals surface area contributed by atoms with Crippen LogP contribution in [0.3, 0.4) is 0 Å². The van der Waals surface area contributed by atoms with Gasteiger partial charge >= 0.3 is 0 Å². The van der Waals surface area contributed by atoms with Gasteiger partial charge in [0.25, 0.3) is 0 Å². The van der Waals surface area contributed by atoms with E-state index in [-0.39, 0.29) is 23.8 Å². The van der Waals surface area contributed by atoms with Gasteiger partial charge in [-0.2, -0.15) is 0 Å². The summed E-state index contributed by atoms with van der Waals surface area (Å²) in [4.78, 5) is 103. The summed E-state index contributed by atoms with van der Waals surface area (Å²) in [6.07, 6.45) is -3.29. The molecule has 21 nitrogen and oxygen atoms in total. The van der Waals surface area contributed by atoms with Gasteiger partial charge in [-0.1, -0.05) is 34.1 Å². The van der Waals surface area contributed by atoms with Crippen molar-refractivity contribution in [1.29, 1.82) is 0 Å². The molecule has 22 heteroatoms. The number of primary amides is 2. The van der Waals surface area contributed by atoms with E-state index >= 15 is 0 Å². The first-order chi connectivity index (χ1) is 24.7. The second-order valence-corrected chi connectivity index (χ2v) is 14.3. The summed E-state index contributed by atoms with van der Waals surface area (Å²) in [6.45, 7) is 7.88. The van der Waals surface area contributed by atoms with Crippen LogP contribution in [0.2, 0.25) is 0 Å². The number of nitrogens with zero attached hydrogens (tertiary/aromatic N) is 1. The van der Waals surface area contributed by atoms with Crippen molar-refractivity contribution in [3.63, 3.8) is 0 Å². The Bertz CT molecular complexity index is 1370. The first-order valence-electron chi connectivity index (χ1n) is 16.8. The molecule has 0 aromatic carbocycles. The van der Waals surface area contributed by atoms with Gasteiger partial charge in [-0.05, 0) is 12.5 Å². The third kappa shape index (κ3) is 14.4. The van der Waals surface area contributed by atoms with Crippen molar-refractivity contribution in [2.45, 2.75) is 95.8 Å². The molecular formula is C31H53N9O12S. The third-order valence-corrected chi connectivity index (χ3v) is 9.85. The molecule has 10 atom stereocenters. The van der Waals surface area contributed by atoms with E-state index in [1.807, 2.05) is 0 Å². The SMILES string of the molecule is C=C(N)[S+]([O-])C[C@H](NC(=O)CNC(=O)[C@@H](NC(=O)CC)[C@@H](C)CC)C(=O)N[C@@H](CC(N)=O)C(=O)N1C[C@H](O)C[C@H]1C(=O)N[C@H](C(N)=O)[C@@H](C)[C@@H](O)CO. The molecule has 1 aliphatic rings. The summed E-state index contributed by atoms with van der Waals surface area (Å²) in [6, 6.07) is -7.45. The van der Waals surface area contributed by atoms with Crippen molar-refractivity contribution >= 4 is 58.4 Å². The molecule has 300 valence electrons. The summed E-state index contributed by atoms with van der Waals surface area (Å²) in [5, 5.41) is 41.1. The van der Waals surface area contributed by atoms with E-state index in [9.17, 15) is 58.2 Å². The lowest BCUT2D eigenvalue weighted by molar-refractivity contribution is -0.143. The number of hydrogen-bond acceptors (Lipinski definition) is 13. The molecule has 0 saturated carbocycles. The molecule has 8 amide bonds. The Kier molecular flexibility index (Phi) is 19.2. The molecule has 0 bridgehead atoms. The van der Waals surface area contributed by atoms with Crippen molar-refractivity contribution in [2.24, 2.45) is 29.0 Å². The Morgan fingerprint density at radius 3 is 2.06 bits per heavy atom. The van der Waals surface area contributed by atoms with Gasteiger partial charge in [-0.3, -0.25) is 38.4 Å². The highest BCUT2D eigenvalue weighted by Gasteiger charge is 2.44. The minimum Gasteiger partial charge on any atom is -0.610 e. The number of carbonyl (C=O) groups excluding carboxylic acids is 8. The van der Waals surface area contributed by atoms with Crippen molar-refractivity contribution < 1.29 is 58.2 Å². The highest BCUT2D eigenvalue weighted by atomic mass is 32.2. The molecule has 0 aliphatic carbocycles. The first kappa shape index (κ1) is 46.5. The minimum atomic E-state index is -2.12. The average molecular weight is 776 g/mol. The molecule has 0 spiro atoms. The van der Waals surface area contributed by atoms with E-state index < -0.39 is 139 Å². The van der Waals surface area contributed by atoms with E-state index in [4.69, 9.17) is 17.2 Å². The molecule has 1 rings (SSSR count). The van der Waals surface area contributed by atoms with Crippen LogP contribution in [-0.4, -0.2) is 140 Å². The van der Waals surface area contributed by atoms with Gasteiger partial charge < -0.3 is 68.6 Å². The molecule has 14 N–H and O–H groups in total. The van der Waals surface area contributed by atoms with Crippen molar-refractivity contribution in [2.75, 3.05) is 25.4 Å². The average Bonchev–Trinajstić information content (AvgIpc) is 3.50. The van der Waals surface area contributed by atoms with Crippen LogP contribution in [-0.2, 0) is 49.5 Å². The molecule has 1 unspecified atom stereocenters. The van der Waals surface area contributed by atoms with Crippen LogP contribution in [0.25, 0.3) is 0 Å². The minimum absolute atomic E-state index is 0.109. The van der Waals surface area contributed by atoms with Gasteiger partial charge in [0, 0.05) is 36.5 Å². The van der Waals surface area contributed by atoms with Crippen molar-refractivity contribution in [1.82, 2.24) is 31.5 Å². The number of amides is 8. The molecule has 0 radical (unpaired) electrons. The maximum Gasteiger partial charge on any atom is 0.248 e. The Morgan fingerprint density at radius 1 is 0.925 bits per heavy atom. The predicted octanol–water partition coefficient (Wildman–Crippen LogP) is -6.01. The molecule has 1 saturated heterocycles. The summed E-state index contributed by atoms with van der Waals surface area (Å²) in [7, 11) is 0. The van der Waals surface area contributed by atoms with Gasteiger partial charge in [0.05, 0.1) is 31.8 Å². The van der Waals surface area contributed by atoms with Crippen LogP contribution in [0.1, 0.15) is 53.4 Å². The lowest BCUT2D eigenvalue weighted by atomic mass is 9.95. The number of hydrogen-bond donors (Lipinski definition) is 11. The van der Waals surface area contributed by atoms with Crippen LogP contribution < -0.4 is 43.8 Å². The highest BCUT2D eigenvalue weighted by Crippen LogP contribution is 2.21. The van der Waals surface area contributed by atoms with E-state index in [1.54, 1.807) is 20.8 Å². The molecule has 53 heavy (non-hydrogen) atoms. The number of aliphatic hydroxyl groups is 3. The Balaban J connectivity index is 3.27. The summed E-state index contributed by atoms with van der Waals surface area (Å²) in [5.41, 5.74) is 16.2. The normalized spacial score (nSPS) is 19.9. The third-order valence-electron chi connectivity index (χ3n) is 8.63. The first-order valence-corrected chi connectivity index (χ1v) is 18.2. The van der Waals surface area contributed by atoms with Gasteiger partial charge in [0.15, 0.2) is 6.04 Å². The van der Waals surface area contributed by atoms with Gasteiger partial charge in [0.1, 0.15) is 29.9 Å². The largest absolute Gasteiger partial charge is 0.610 e. The maximum atomic E-state index is 13.8. The molecule has 1 fully saturated rings. The van der Waals surface area contributed by atoms with Gasteiger partial charge in [-0.25, -0.2) is 0 Å². The zero-order chi connectivity index (χ0) is 40.7. The van der Waals surface area contributed by atoms with Gasteiger partial charge in [0.2, 0.25) is 52.3 Å². The van der Waals surface area contributed by atoms with Gasteiger partial charge in [-0.15, -0.1) is 0 Å². The summed E-state index contributed by atoms with van der Waals surface area (Å²) >= 11 is -2.12. The number of aliphatic hydroxyl groups excluding tert-OH is 3. The summed E-state index contributed by atoms with van der Waals surface area (Å²) in [5.74, 6) is -9.47. The van der Waals surface area contributed by atoms with Crippen LogP contribution in [0, 0.1) is 11.8 Å². The van der Waals surface area contributed by atoms with Crippen LogP contribution >= 0.6 is 0 Å². The van der Waals surface area contributed by atoms with Crippen molar-refractivity contribution in [3.05, 3.63) is 11.6 Å². The second-order valence-electron chi connectivity index (χ2n) is 12.7. The fourth-order valence-corrected chi connectivity index (χ4v) is 5.97. The Morgan fingerprint density at radius 2 is 1.55 bits per heavy atom. The Hall–Kier alpha value is -4.51. The molecule has 0 aromatic heterocycles. The highest BCUT2D eigenvalue weighted by molar-refractivity contribution is 7.95. The summed E-state index contributed by atoms with van der Waals surface area (Å²) < 4.78 is 12.6. The number of rotatable bonds is 22. The number of nitrogens with one attached hydrogen (secondary N) is 5. The van der Waals surface area contributed by atoms with Crippen molar-refractivity contribution in [3.8, 4) is 0 Å². The van der Waals surface area contributed by atoms with Crippen LogP contribution in [0.4, 0.5) is 0 Å². The van der Waals surface area contributed by atoms with Crippen LogP contribution in [0.15, 0.2) is 11.6 Å². The molecule has 1 aliphatic heterocycles. The second kappa shape index (κ2) is 21.9. The zero-order valence-corrected chi connectivity index (χ0v) is 31.0. The lowest BCUT2D eigenvalue weighted by Crippen LogP contribution is -2.60. The maximum absolute atomic E-state index is 13.8. The van der Waals surface area contributed by atoms with E-state index in [1.165, 1.54) is 6.92 Å². The lowest BCUT2D eigenvalue weighted by Gasteiger charge is -2.31. The number of nitrogens with two attached hydrogens (primary N) is 3. The van der Waals surface area contributed by atoms with E-state index in [2.05, 4.69) is 33.2 Å². The van der Waals surface area contributed by atoms with E-state index in [0.29, 0.717) is 6.42 Å². The zero-order valence-electron chi connectivity index (χ0n) is 30.2. The number of carbonyl (C=O) groups is 8. The topological polar surface area (TPSA) is 362 Å². The number of likely N-dealkylation sites (tertiary alicyclic amines) is 1. The molecule has 0 aromatic rings. The number of β-amino-alcohol motifs (C(OH)–C–C–N with tert-alkyl or cyclic N) is 1. The standard InChI is InChI=1S/C31H53N9O12S/c1-6-14(3)25(38-23(45)7-2)30(50)35-10-24(46)36-19(13-53(52)16(5)32)28(48)37-18(9-22(33)44)31(51)40-11-17(42)8-20(40)29(49)39-26(27(34)47)15(4)21(43)12-41/h14-15,17-21,25-26,41-43H,5-13,32H2,1-4H3,(H2,33,44)(H2,34,47)(H,35,50)(H,36,46)(H,37,48)(H,38,45)(H,39,49)/t14-,15-,17+,18-,19-,20-,21-,25-,26-,53?/m0/s1.